The highest BCUT2D eigenvalue weighted by atomic mass is 16.5. The highest BCUT2D eigenvalue weighted by Gasteiger charge is 2.50. The summed E-state index contributed by atoms with van der Waals surface area (Å²) in [6, 6.07) is 47.9. The zero-order valence-electron chi connectivity index (χ0n) is 20.8. The number of benzene rings is 6. The minimum Gasteiger partial charge on any atom is -0.457 e. The Morgan fingerprint density at radius 2 is 1.16 bits per heavy atom. The third-order valence-electron chi connectivity index (χ3n) is 8.21. The summed E-state index contributed by atoms with van der Waals surface area (Å²) >= 11 is 0. The van der Waals surface area contributed by atoms with Gasteiger partial charge < -0.3 is 10.1 Å². The molecule has 1 spiro atoms. The zero-order chi connectivity index (χ0) is 25.1. The fraction of sp³-hybridized carbons (Fsp3) is 0.0556. The molecule has 0 fully saturated rings. The number of rotatable bonds is 3. The van der Waals surface area contributed by atoms with Crippen LogP contribution in [0.2, 0.25) is 0 Å². The van der Waals surface area contributed by atoms with Gasteiger partial charge in [-0.1, -0.05) is 115 Å². The summed E-state index contributed by atoms with van der Waals surface area (Å²) in [7, 11) is 0. The molecule has 2 heteroatoms. The topological polar surface area (TPSA) is 21.3 Å². The van der Waals surface area contributed by atoms with Gasteiger partial charge >= 0.3 is 0 Å². The van der Waals surface area contributed by atoms with E-state index in [1.807, 2.05) is 0 Å². The second kappa shape index (κ2) is 8.09. The van der Waals surface area contributed by atoms with Gasteiger partial charge in [0.2, 0.25) is 0 Å². The Bertz CT molecular complexity index is 1820. The van der Waals surface area contributed by atoms with Gasteiger partial charge in [-0.3, -0.25) is 0 Å². The Hall–Kier alpha value is -4.82. The van der Waals surface area contributed by atoms with E-state index in [4.69, 9.17) is 4.74 Å². The van der Waals surface area contributed by atoms with Gasteiger partial charge in [0.15, 0.2) is 0 Å². The molecule has 0 atom stereocenters. The second-order valence-electron chi connectivity index (χ2n) is 10.1. The van der Waals surface area contributed by atoms with E-state index >= 15 is 0 Å². The highest BCUT2D eigenvalue weighted by molar-refractivity contribution is 5.89. The van der Waals surface area contributed by atoms with Crippen molar-refractivity contribution in [1.82, 2.24) is 0 Å². The molecule has 180 valence electrons. The van der Waals surface area contributed by atoms with E-state index in [2.05, 4.69) is 139 Å². The maximum atomic E-state index is 6.62. The molecule has 1 aliphatic heterocycles. The quantitative estimate of drug-likeness (QED) is 0.269. The Morgan fingerprint density at radius 3 is 1.97 bits per heavy atom. The van der Waals surface area contributed by atoms with Gasteiger partial charge in [-0.2, -0.15) is 0 Å². The third kappa shape index (κ3) is 2.89. The Balaban J connectivity index is 1.28. The van der Waals surface area contributed by atoms with Crippen LogP contribution >= 0.6 is 0 Å². The monoisotopic (exact) mass is 487 g/mol. The molecule has 2 aliphatic rings. The average molecular weight is 488 g/mol. The van der Waals surface area contributed by atoms with Crippen LogP contribution in [-0.4, -0.2) is 0 Å². The molecule has 0 radical (unpaired) electrons. The first-order valence-electron chi connectivity index (χ1n) is 13.2. The van der Waals surface area contributed by atoms with Crippen molar-refractivity contribution >= 4 is 16.5 Å². The van der Waals surface area contributed by atoms with Crippen molar-refractivity contribution in [1.29, 1.82) is 0 Å². The number of nitrogens with one attached hydrogen (secondary N) is 1. The summed E-state index contributed by atoms with van der Waals surface area (Å²) in [5.74, 6) is 1.82. The minimum atomic E-state index is -0.411. The minimum absolute atomic E-state index is 0.411. The van der Waals surface area contributed by atoms with Crippen molar-refractivity contribution in [2.45, 2.75) is 12.0 Å². The van der Waals surface area contributed by atoms with E-state index in [1.165, 1.54) is 49.7 Å². The second-order valence-corrected chi connectivity index (χ2v) is 10.1. The number of ether oxygens (including phenoxy) is 1. The summed E-state index contributed by atoms with van der Waals surface area (Å²) in [5, 5.41) is 6.21. The standard InChI is InChI=1S/C36H25NO/c1-2-13-27-24(10-1)11-9-12-25(27)23-37-26-20-21-33-35(22-26)38-34-19-8-7-18-32(34)36(33)30-16-5-3-14-28(30)29-15-4-6-17-31(29)36/h1-22,37H,23H2. The summed E-state index contributed by atoms with van der Waals surface area (Å²) < 4.78 is 6.62. The molecule has 6 aromatic carbocycles. The number of hydrogen-bond donors (Lipinski definition) is 1. The van der Waals surface area contributed by atoms with E-state index in [9.17, 15) is 0 Å². The molecule has 0 saturated heterocycles. The molecule has 0 aromatic heterocycles. The van der Waals surface area contributed by atoms with Crippen LogP contribution in [0.15, 0.2) is 133 Å². The van der Waals surface area contributed by atoms with Gasteiger partial charge in [0.1, 0.15) is 11.5 Å². The molecule has 8 rings (SSSR count). The van der Waals surface area contributed by atoms with Crippen LogP contribution < -0.4 is 10.1 Å². The number of fused-ring (bicyclic) bond motifs is 10. The van der Waals surface area contributed by atoms with E-state index in [1.54, 1.807) is 0 Å². The molecule has 2 nitrogen and oxygen atoms in total. The maximum absolute atomic E-state index is 6.62. The van der Waals surface area contributed by atoms with Crippen LogP contribution in [-0.2, 0) is 12.0 Å². The molecule has 0 bridgehead atoms. The Kier molecular flexibility index (Phi) is 4.53. The fourth-order valence-electron chi connectivity index (χ4n) is 6.61. The van der Waals surface area contributed by atoms with E-state index in [0.29, 0.717) is 0 Å². The van der Waals surface area contributed by atoms with Gasteiger partial charge in [0, 0.05) is 29.4 Å². The average Bonchev–Trinajstić information content (AvgIpc) is 3.27. The largest absolute Gasteiger partial charge is 0.457 e. The molecule has 1 aliphatic carbocycles. The molecule has 1 heterocycles. The van der Waals surface area contributed by atoms with Crippen molar-refractivity contribution in [2.75, 3.05) is 5.32 Å². The predicted octanol–water partition coefficient (Wildman–Crippen LogP) is 8.92. The first-order valence-corrected chi connectivity index (χ1v) is 13.2. The Labute approximate surface area is 222 Å². The van der Waals surface area contributed by atoms with E-state index in [-0.39, 0.29) is 0 Å². The van der Waals surface area contributed by atoms with E-state index < -0.39 is 5.41 Å². The van der Waals surface area contributed by atoms with Crippen LogP contribution in [0.4, 0.5) is 5.69 Å². The molecular formula is C36H25NO. The molecule has 1 N–H and O–H groups in total. The zero-order valence-corrected chi connectivity index (χ0v) is 20.8. The van der Waals surface area contributed by atoms with Crippen LogP contribution in [0.5, 0.6) is 11.5 Å². The van der Waals surface area contributed by atoms with Gasteiger partial charge in [-0.05, 0) is 50.7 Å². The van der Waals surface area contributed by atoms with Crippen LogP contribution in [0, 0.1) is 0 Å². The smallest absolute Gasteiger partial charge is 0.134 e. The first kappa shape index (κ1) is 21.3. The predicted molar refractivity (Wildman–Crippen MR) is 155 cm³/mol. The summed E-state index contributed by atoms with van der Waals surface area (Å²) in [5.41, 5.74) is 9.52. The summed E-state index contributed by atoms with van der Waals surface area (Å²) in [6.07, 6.45) is 0. The Morgan fingerprint density at radius 1 is 0.526 bits per heavy atom. The maximum Gasteiger partial charge on any atom is 0.134 e. The number of hydrogen-bond acceptors (Lipinski definition) is 2. The SMILES string of the molecule is c1ccc2c(c1)Oc1cc(NCc3cccc4ccccc34)ccc1C21c2ccccc2-c2ccccc21. The van der Waals surface area contributed by atoms with Crippen molar-refractivity contribution in [3.63, 3.8) is 0 Å². The molecule has 0 saturated carbocycles. The lowest BCUT2D eigenvalue weighted by molar-refractivity contribution is 0.436. The summed E-state index contributed by atoms with van der Waals surface area (Å²) in [6.45, 7) is 0.744. The highest BCUT2D eigenvalue weighted by Crippen LogP contribution is 2.62. The molecule has 0 amide bonds. The van der Waals surface area contributed by atoms with Gasteiger partial charge in [0.05, 0.1) is 5.41 Å². The molecule has 6 aromatic rings. The van der Waals surface area contributed by atoms with Gasteiger partial charge in [0.25, 0.3) is 0 Å². The fourth-order valence-corrected chi connectivity index (χ4v) is 6.61. The van der Waals surface area contributed by atoms with Crippen molar-refractivity contribution in [3.05, 3.63) is 161 Å². The summed E-state index contributed by atoms with van der Waals surface area (Å²) in [4.78, 5) is 0. The number of para-hydroxylation sites is 1. The van der Waals surface area contributed by atoms with Crippen molar-refractivity contribution in [2.24, 2.45) is 0 Å². The van der Waals surface area contributed by atoms with Crippen LogP contribution in [0.25, 0.3) is 21.9 Å². The van der Waals surface area contributed by atoms with Crippen LogP contribution in [0.1, 0.15) is 27.8 Å². The van der Waals surface area contributed by atoms with Gasteiger partial charge in [-0.25, -0.2) is 0 Å². The lowest BCUT2D eigenvalue weighted by Gasteiger charge is -2.39. The van der Waals surface area contributed by atoms with E-state index in [0.717, 1.165) is 23.7 Å². The lowest BCUT2D eigenvalue weighted by atomic mass is 9.66. The molecule has 0 unspecified atom stereocenters. The molecular weight excluding hydrogens is 462 g/mol. The third-order valence-corrected chi connectivity index (χ3v) is 8.21. The first-order chi connectivity index (χ1) is 18.8. The molecule has 38 heavy (non-hydrogen) atoms. The normalized spacial score (nSPS) is 13.8. The number of anilines is 1. The van der Waals surface area contributed by atoms with Gasteiger partial charge in [-0.15, -0.1) is 0 Å². The van der Waals surface area contributed by atoms with Crippen molar-refractivity contribution < 1.29 is 4.74 Å². The lowest BCUT2D eigenvalue weighted by Crippen LogP contribution is -2.32. The van der Waals surface area contributed by atoms with Crippen LogP contribution in [0.3, 0.4) is 0 Å². The van der Waals surface area contributed by atoms with Crippen molar-refractivity contribution in [3.8, 4) is 22.6 Å².